The molecule has 1 aliphatic rings. The molecule has 1 aromatic rings. The second kappa shape index (κ2) is 6.82. The molecule has 1 amide bonds. The minimum Gasteiger partial charge on any atom is -0.346 e. The zero-order valence-electron chi connectivity index (χ0n) is 12.5. The predicted octanol–water partition coefficient (Wildman–Crippen LogP) is 1.64. The Kier molecular flexibility index (Phi) is 5.28. The number of nitrogens with one attached hydrogen (secondary N) is 1. The number of carbonyl (C=O) groups is 1. The molecule has 0 bridgehead atoms. The maximum Gasteiger partial charge on any atom is 0.405 e. The highest BCUT2D eigenvalue weighted by atomic mass is 32.1. The molecule has 0 radical (unpaired) electrons. The van der Waals surface area contributed by atoms with Gasteiger partial charge in [-0.25, -0.2) is 4.98 Å². The lowest BCUT2D eigenvalue weighted by Gasteiger charge is -2.37. The number of piperazine rings is 1. The van der Waals surface area contributed by atoms with E-state index in [4.69, 9.17) is 0 Å². The number of anilines is 1. The molecule has 0 saturated carbocycles. The third-order valence-electron chi connectivity index (χ3n) is 3.58. The first kappa shape index (κ1) is 17.0. The molecule has 1 N–H and O–H groups in total. The van der Waals surface area contributed by atoms with Crippen molar-refractivity contribution in [1.29, 1.82) is 0 Å². The normalized spacial score (nSPS) is 18.3. The summed E-state index contributed by atoms with van der Waals surface area (Å²) in [6, 6.07) is -0.567. The number of thiazole rings is 1. The molecular formula is C13H19F3N4OS. The number of amides is 1. The molecule has 1 atom stereocenters. The Hall–Kier alpha value is -1.35. The average molecular weight is 336 g/mol. The van der Waals surface area contributed by atoms with Gasteiger partial charge < -0.3 is 10.2 Å². The van der Waals surface area contributed by atoms with Gasteiger partial charge >= 0.3 is 6.18 Å². The van der Waals surface area contributed by atoms with Crippen LogP contribution in [0.5, 0.6) is 0 Å². The standard InChI is InChI=1S/C13H19F3N4OS/c1-9-7-22-12(18-9)20-5-3-19(4-6-20)10(2)11(21)17-8-13(14,15)16/h7,10H,3-6,8H2,1-2H3,(H,17,21)/t10-/m0/s1. The molecule has 5 nitrogen and oxygen atoms in total. The summed E-state index contributed by atoms with van der Waals surface area (Å²) in [6.07, 6.45) is -4.38. The van der Waals surface area contributed by atoms with Crippen molar-refractivity contribution in [3.05, 3.63) is 11.1 Å². The third kappa shape index (κ3) is 4.57. The van der Waals surface area contributed by atoms with E-state index in [1.54, 1.807) is 18.3 Å². The smallest absolute Gasteiger partial charge is 0.346 e. The van der Waals surface area contributed by atoms with Gasteiger partial charge in [0.25, 0.3) is 0 Å². The highest BCUT2D eigenvalue weighted by Crippen LogP contribution is 2.22. The largest absolute Gasteiger partial charge is 0.405 e. The molecule has 9 heteroatoms. The molecule has 0 spiro atoms. The van der Waals surface area contributed by atoms with E-state index >= 15 is 0 Å². The maximum atomic E-state index is 12.1. The van der Waals surface area contributed by atoms with Gasteiger partial charge in [0.15, 0.2) is 5.13 Å². The summed E-state index contributed by atoms with van der Waals surface area (Å²) in [6.45, 7) is 4.96. The summed E-state index contributed by atoms with van der Waals surface area (Å²) in [7, 11) is 0. The molecule has 1 aliphatic heterocycles. The Morgan fingerprint density at radius 2 is 2.05 bits per heavy atom. The van der Waals surface area contributed by atoms with E-state index < -0.39 is 24.7 Å². The monoisotopic (exact) mass is 336 g/mol. The molecule has 1 aromatic heterocycles. The van der Waals surface area contributed by atoms with Gasteiger partial charge in [0.1, 0.15) is 6.54 Å². The number of nitrogens with zero attached hydrogens (tertiary/aromatic N) is 3. The van der Waals surface area contributed by atoms with Gasteiger partial charge in [-0.2, -0.15) is 13.2 Å². The van der Waals surface area contributed by atoms with Gasteiger partial charge in [-0.1, -0.05) is 0 Å². The van der Waals surface area contributed by atoms with Crippen LogP contribution in [0.3, 0.4) is 0 Å². The Morgan fingerprint density at radius 1 is 1.41 bits per heavy atom. The van der Waals surface area contributed by atoms with Gasteiger partial charge in [0.05, 0.1) is 11.7 Å². The first-order valence-electron chi connectivity index (χ1n) is 7.02. The lowest BCUT2D eigenvalue weighted by Crippen LogP contribution is -2.54. The molecule has 0 aliphatic carbocycles. The van der Waals surface area contributed by atoms with Crippen molar-refractivity contribution < 1.29 is 18.0 Å². The lowest BCUT2D eigenvalue weighted by atomic mass is 10.2. The Labute approximate surface area is 131 Å². The predicted molar refractivity (Wildman–Crippen MR) is 79.2 cm³/mol. The van der Waals surface area contributed by atoms with Crippen LogP contribution in [0.1, 0.15) is 12.6 Å². The zero-order valence-corrected chi connectivity index (χ0v) is 13.3. The quantitative estimate of drug-likeness (QED) is 0.908. The summed E-state index contributed by atoms with van der Waals surface area (Å²) < 4.78 is 36.4. The Balaban J connectivity index is 1.81. The number of rotatable bonds is 4. The van der Waals surface area contributed by atoms with Gasteiger partial charge in [-0.3, -0.25) is 9.69 Å². The van der Waals surface area contributed by atoms with Crippen molar-refractivity contribution in [2.24, 2.45) is 0 Å². The molecule has 0 unspecified atom stereocenters. The van der Waals surface area contributed by atoms with Gasteiger partial charge in [-0.05, 0) is 13.8 Å². The molecule has 1 fully saturated rings. The number of aromatic nitrogens is 1. The molecule has 2 rings (SSSR count). The van der Waals surface area contributed by atoms with Crippen LogP contribution in [0.25, 0.3) is 0 Å². The number of alkyl halides is 3. The van der Waals surface area contributed by atoms with Crippen molar-refractivity contribution in [1.82, 2.24) is 15.2 Å². The van der Waals surface area contributed by atoms with Crippen LogP contribution in [-0.2, 0) is 4.79 Å². The molecule has 0 aromatic carbocycles. The van der Waals surface area contributed by atoms with Crippen molar-refractivity contribution in [2.45, 2.75) is 26.1 Å². The number of halogens is 3. The first-order valence-corrected chi connectivity index (χ1v) is 7.90. The second-order valence-electron chi connectivity index (χ2n) is 5.30. The van der Waals surface area contributed by atoms with Gasteiger partial charge in [0, 0.05) is 31.6 Å². The maximum absolute atomic E-state index is 12.1. The van der Waals surface area contributed by atoms with Gasteiger partial charge in [-0.15, -0.1) is 11.3 Å². The number of aryl methyl sites for hydroxylation is 1. The van der Waals surface area contributed by atoms with E-state index in [0.29, 0.717) is 26.2 Å². The number of hydrogen-bond donors (Lipinski definition) is 1. The van der Waals surface area contributed by atoms with E-state index in [1.807, 2.05) is 22.5 Å². The molecule has 124 valence electrons. The van der Waals surface area contributed by atoms with E-state index in [2.05, 4.69) is 9.88 Å². The summed E-state index contributed by atoms with van der Waals surface area (Å²) in [4.78, 5) is 20.2. The molecule has 2 heterocycles. The highest BCUT2D eigenvalue weighted by molar-refractivity contribution is 7.13. The summed E-state index contributed by atoms with van der Waals surface area (Å²) in [5.41, 5.74) is 0.974. The fourth-order valence-corrected chi connectivity index (χ4v) is 3.15. The number of carbonyl (C=O) groups excluding carboxylic acids is 1. The fraction of sp³-hybridized carbons (Fsp3) is 0.692. The van der Waals surface area contributed by atoms with E-state index in [-0.39, 0.29) is 0 Å². The van der Waals surface area contributed by atoms with Crippen LogP contribution in [0.15, 0.2) is 5.38 Å². The van der Waals surface area contributed by atoms with Crippen molar-refractivity contribution in [2.75, 3.05) is 37.6 Å². The van der Waals surface area contributed by atoms with Gasteiger partial charge in [0.2, 0.25) is 5.91 Å². The first-order chi connectivity index (χ1) is 10.3. The molecular weight excluding hydrogens is 317 g/mol. The fourth-order valence-electron chi connectivity index (χ4n) is 2.29. The molecule has 1 saturated heterocycles. The zero-order chi connectivity index (χ0) is 16.3. The van der Waals surface area contributed by atoms with Crippen LogP contribution in [0.2, 0.25) is 0 Å². The lowest BCUT2D eigenvalue weighted by molar-refractivity contribution is -0.141. The third-order valence-corrected chi connectivity index (χ3v) is 4.60. The van der Waals surface area contributed by atoms with E-state index in [0.717, 1.165) is 10.8 Å². The topological polar surface area (TPSA) is 48.5 Å². The van der Waals surface area contributed by atoms with Crippen LogP contribution in [-0.4, -0.2) is 60.7 Å². The van der Waals surface area contributed by atoms with Crippen LogP contribution >= 0.6 is 11.3 Å². The van der Waals surface area contributed by atoms with E-state index in [9.17, 15) is 18.0 Å². The minimum absolute atomic E-state index is 0.567. The average Bonchev–Trinajstić information content (AvgIpc) is 2.90. The Bertz CT molecular complexity index is 512. The van der Waals surface area contributed by atoms with E-state index in [1.165, 1.54) is 0 Å². The van der Waals surface area contributed by atoms with Crippen LogP contribution in [0.4, 0.5) is 18.3 Å². The van der Waals surface area contributed by atoms with Crippen molar-refractivity contribution in [3.63, 3.8) is 0 Å². The second-order valence-corrected chi connectivity index (χ2v) is 6.14. The van der Waals surface area contributed by atoms with Crippen molar-refractivity contribution >= 4 is 22.4 Å². The Morgan fingerprint density at radius 3 is 2.55 bits per heavy atom. The summed E-state index contributed by atoms with van der Waals surface area (Å²) in [5, 5.41) is 4.87. The van der Waals surface area contributed by atoms with Crippen LogP contribution in [0, 0.1) is 6.92 Å². The minimum atomic E-state index is -4.38. The van der Waals surface area contributed by atoms with Crippen molar-refractivity contribution in [3.8, 4) is 0 Å². The SMILES string of the molecule is Cc1csc(N2CCN([C@@H](C)C(=O)NCC(F)(F)F)CC2)n1. The highest BCUT2D eigenvalue weighted by Gasteiger charge is 2.31. The summed E-state index contributed by atoms with van der Waals surface area (Å²) in [5.74, 6) is -0.587. The molecule has 22 heavy (non-hydrogen) atoms. The van der Waals surface area contributed by atoms with Crippen LogP contribution < -0.4 is 10.2 Å². The summed E-state index contributed by atoms with van der Waals surface area (Å²) >= 11 is 1.57. The number of hydrogen-bond acceptors (Lipinski definition) is 5.